The Balaban J connectivity index is 1.91. The predicted octanol–water partition coefficient (Wildman–Crippen LogP) is 4.02. The number of amides is 2. The van der Waals surface area contributed by atoms with Gasteiger partial charge in [0, 0.05) is 18.8 Å². The second-order valence-electron chi connectivity index (χ2n) is 6.29. The molecule has 0 aliphatic heterocycles. The number of anilines is 1. The summed E-state index contributed by atoms with van der Waals surface area (Å²) in [6.07, 6.45) is 2.85. The first kappa shape index (κ1) is 21.1. The van der Waals surface area contributed by atoms with Gasteiger partial charge in [0.15, 0.2) is 0 Å². The lowest BCUT2D eigenvalue weighted by Crippen LogP contribution is -2.34. The fourth-order valence-electron chi connectivity index (χ4n) is 2.54. The fraction of sp³-hybridized carbons (Fsp3) is 0.238. The first-order valence-electron chi connectivity index (χ1n) is 8.60. The zero-order valence-corrected chi connectivity index (χ0v) is 15.9. The molecule has 2 aromatic rings. The SMILES string of the molecule is Cc1cccc(C)c1NC(=O)CN(C)C(=O)/C=C/c1ccc(OC(F)F)cc1. The highest BCUT2D eigenvalue weighted by Gasteiger charge is 2.12. The van der Waals surface area contributed by atoms with Crippen LogP contribution in [0.4, 0.5) is 14.5 Å². The molecule has 2 amide bonds. The lowest BCUT2D eigenvalue weighted by atomic mass is 10.1. The van der Waals surface area contributed by atoms with Gasteiger partial charge in [0.2, 0.25) is 11.8 Å². The summed E-state index contributed by atoms with van der Waals surface area (Å²) in [5.74, 6) is -0.613. The summed E-state index contributed by atoms with van der Waals surface area (Å²) in [6, 6.07) is 11.6. The number of carbonyl (C=O) groups is 2. The van der Waals surface area contributed by atoms with Crippen LogP contribution in [-0.2, 0) is 9.59 Å². The highest BCUT2D eigenvalue weighted by atomic mass is 19.3. The van der Waals surface area contributed by atoms with E-state index in [9.17, 15) is 18.4 Å². The van der Waals surface area contributed by atoms with Gasteiger partial charge in [0.05, 0.1) is 6.54 Å². The number of hydrogen-bond acceptors (Lipinski definition) is 3. The first-order valence-corrected chi connectivity index (χ1v) is 8.60. The fourth-order valence-corrected chi connectivity index (χ4v) is 2.54. The molecule has 0 aliphatic rings. The Morgan fingerprint density at radius 1 is 1.11 bits per heavy atom. The number of halogens is 2. The van der Waals surface area contributed by atoms with Crippen molar-refractivity contribution in [3.63, 3.8) is 0 Å². The molecule has 0 atom stereocenters. The van der Waals surface area contributed by atoms with Gasteiger partial charge < -0.3 is 15.0 Å². The summed E-state index contributed by atoms with van der Waals surface area (Å²) in [6.45, 7) is 0.819. The Morgan fingerprint density at radius 3 is 2.29 bits per heavy atom. The molecule has 0 aliphatic carbocycles. The Bertz CT molecular complexity index is 844. The average molecular weight is 388 g/mol. The van der Waals surface area contributed by atoms with Gasteiger partial charge in [-0.25, -0.2) is 0 Å². The van der Waals surface area contributed by atoms with Crippen LogP contribution in [0.15, 0.2) is 48.5 Å². The maximum atomic E-state index is 12.2. The van der Waals surface area contributed by atoms with Crippen molar-refractivity contribution < 1.29 is 23.1 Å². The molecule has 0 heterocycles. The van der Waals surface area contributed by atoms with E-state index in [0.29, 0.717) is 5.56 Å². The molecule has 0 fully saturated rings. The van der Waals surface area contributed by atoms with Crippen molar-refractivity contribution in [1.29, 1.82) is 0 Å². The third-order valence-electron chi connectivity index (χ3n) is 4.03. The van der Waals surface area contributed by atoms with Gasteiger partial charge in [-0.15, -0.1) is 0 Å². The van der Waals surface area contributed by atoms with Gasteiger partial charge in [-0.2, -0.15) is 8.78 Å². The number of likely N-dealkylation sites (N-methyl/N-ethyl adjacent to an activating group) is 1. The number of rotatable bonds is 7. The smallest absolute Gasteiger partial charge is 0.387 e. The molecule has 1 N–H and O–H groups in total. The topological polar surface area (TPSA) is 58.6 Å². The Hall–Kier alpha value is -3.22. The van der Waals surface area contributed by atoms with Gasteiger partial charge in [-0.3, -0.25) is 9.59 Å². The number of alkyl halides is 2. The second kappa shape index (κ2) is 9.64. The third kappa shape index (κ3) is 6.19. The van der Waals surface area contributed by atoms with Crippen LogP contribution in [0, 0.1) is 13.8 Å². The van der Waals surface area contributed by atoms with Crippen LogP contribution < -0.4 is 10.1 Å². The summed E-state index contributed by atoms with van der Waals surface area (Å²) < 4.78 is 28.5. The maximum Gasteiger partial charge on any atom is 0.387 e. The number of nitrogens with one attached hydrogen (secondary N) is 1. The number of para-hydroxylation sites is 1. The van der Waals surface area contributed by atoms with E-state index in [4.69, 9.17) is 0 Å². The second-order valence-corrected chi connectivity index (χ2v) is 6.29. The molecular weight excluding hydrogens is 366 g/mol. The van der Waals surface area contributed by atoms with E-state index in [1.807, 2.05) is 32.0 Å². The van der Waals surface area contributed by atoms with Crippen LogP contribution in [0.2, 0.25) is 0 Å². The van der Waals surface area contributed by atoms with E-state index in [1.54, 1.807) is 12.1 Å². The van der Waals surface area contributed by atoms with Crippen molar-refractivity contribution in [2.45, 2.75) is 20.5 Å². The van der Waals surface area contributed by atoms with Gasteiger partial charge in [0.1, 0.15) is 5.75 Å². The Labute approximate surface area is 162 Å². The Morgan fingerprint density at radius 2 is 1.71 bits per heavy atom. The summed E-state index contributed by atoms with van der Waals surface area (Å²) >= 11 is 0. The molecule has 7 heteroatoms. The molecule has 28 heavy (non-hydrogen) atoms. The molecule has 0 bridgehead atoms. The van der Waals surface area contributed by atoms with Crippen LogP contribution in [0.25, 0.3) is 6.08 Å². The molecule has 0 spiro atoms. The van der Waals surface area contributed by atoms with Crippen LogP contribution in [0.1, 0.15) is 16.7 Å². The standard InChI is InChI=1S/C21H22F2N2O3/c1-14-5-4-6-15(2)20(14)24-18(26)13-25(3)19(27)12-9-16-7-10-17(11-8-16)28-21(22)23/h4-12,21H,13H2,1-3H3,(H,24,26)/b12-9+. The molecule has 0 radical (unpaired) electrons. The van der Waals surface area contributed by atoms with Crippen molar-refractivity contribution >= 4 is 23.6 Å². The Kier molecular flexibility index (Phi) is 7.26. The number of aryl methyl sites for hydroxylation is 2. The molecular formula is C21H22F2N2O3. The number of hydrogen-bond donors (Lipinski definition) is 1. The van der Waals surface area contributed by atoms with Crippen molar-refractivity contribution in [1.82, 2.24) is 4.90 Å². The number of carbonyl (C=O) groups excluding carboxylic acids is 2. The zero-order chi connectivity index (χ0) is 20.7. The zero-order valence-electron chi connectivity index (χ0n) is 15.9. The van der Waals surface area contributed by atoms with Crippen molar-refractivity contribution in [2.75, 3.05) is 18.9 Å². The molecule has 0 aromatic heterocycles. The molecule has 0 saturated carbocycles. The quantitative estimate of drug-likeness (QED) is 0.729. The van der Waals surface area contributed by atoms with E-state index in [2.05, 4.69) is 10.1 Å². The van der Waals surface area contributed by atoms with E-state index >= 15 is 0 Å². The first-order chi connectivity index (χ1) is 13.3. The summed E-state index contributed by atoms with van der Waals surface area (Å²) in [4.78, 5) is 25.7. The van der Waals surface area contributed by atoms with Crippen molar-refractivity contribution in [3.05, 3.63) is 65.2 Å². The predicted molar refractivity (Wildman–Crippen MR) is 104 cm³/mol. The van der Waals surface area contributed by atoms with Crippen LogP contribution >= 0.6 is 0 Å². The molecule has 0 unspecified atom stereocenters. The van der Waals surface area contributed by atoms with E-state index in [0.717, 1.165) is 16.8 Å². The lowest BCUT2D eigenvalue weighted by Gasteiger charge is -2.16. The van der Waals surface area contributed by atoms with Crippen LogP contribution in [0.3, 0.4) is 0 Å². The minimum atomic E-state index is -2.88. The van der Waals surface area contributed by atoms with Gasteiger partial charge in [-0.05, 0) is 48.7 Å². The third-order valence-corrected chi connectivity index (χ3v) is 4.03. The van der Waals surface area contributed by atoms with Crippen LogP contribution in [0.5, 0.6) is 5.75 Å². The molecule has 5 nitrogen and oxygen atoms in total. The summed E-state index contributed by atoms with van der Waals surface area (Å²) in [5, 5.41) is 2.83. The lowest BCUT2D eigenvalue weighted by molar-refractivity contribution is -0.129. The average Bonchev–Trinajstić information content (AvgIpc) is 2.63. The van der Waals surface area contributed by atoms with Crippen molar-refractivity contribution in [2.24, 2.45) is 0 Å². The normalized spacial score (nSPS) is 10.9. The highest BCUT2D eigenvalue weighted by molar-refractivity contribution is 5.98. The van der Waals surface area contributed by atoms with E-state index < -0.39 is 6.61 Å². The largest absolute Gasteiger partial charge is 0.435 e. The van der Waals surface area contributed by atoms with Gasteiger partial charge in [-0.1, -0.05) is 30.3 Å². The molecule has 148 valence electrons. The van der Waals surface area contributed by atoms with Gasteiger partial charge >= 0.3 is 6.61 Å². The number of nitrogens with zero attached hydrogens (tertiary/aromatic N) is 1. The van der Waals surface area contributed by atoms with Gasteiger partial charge in [0.25, 0.3) is 0 Å². The number of benzene rings is 2. The highest BCUT2D eigenvalue weighted by Crippen LogP contribution is 2.19. The monoisotopic (exact) mass is 388 g/mol. The van der Waals surface area contributed by atoms with E-state index in [-0.39, 0.29) is 24.1 Å². The van der Waals surface area contributed by atoms with Crippen LogP contribution in [-0.4, -0.2) is 36.9 Å². The number of ether oxygens (including phenoxy) is 1. The minimum Gasteiger partial charge on any atom is -0.435 e. The molecule has 2 rings (SSSR count). The maximum absolute atomic E-state index is 12.2. The summed E-state index contributed by atoms with van der Waals surface area (Å²) in [7, 11) is 1.52. The minimum absolute atomic E-state index is 0.0405. The molecule has 0 saturated heterocycles. The van der Waals surface area contributed by atoms with Crippen molar-refractivity contribution in [3.8, 4) is 5.75 Å². The summed E-state index contributed by atoms with van der Waals surface area (Å²) in [5.41, 5.74) is 3.28. The molecule has 2 aromatic carbocycles. The van der Waals surface area contributed by atoms with E-state index in [1.165, 1.54) is 36.2 Å².